The summed E-state index contributed by atoms with van der Waals surface area (Å²) in [4.78, 5) is 25.3. The number of aromatic nitrogens is 5. The van der Waals surface area contributed by atoms with Crippen LogP contribution < -0.4 is 5.32 Å². The molecule has 0 atom stereocenters. The Morgan fingerprint density at radius 2 is 1.79 bits per heavy atom. The van der Waals surface area contributed by atoms with Crippen LogP contribution in [0.4, 0.5) is 10.1 Å². The first-order chi connectivity index (χ1) is 18.6. The Balaban J connectivity index is 1.26. The van der Waals surface area contributed by atoms with E-state index in [0.717, 1.165) is 63.8 Å². The van der Waals surface area contributed by atoms with Crippen LogP contribution in [0.1, 0.15) is 19.3 Å². The van der Waals surface area contributed by atoms with Gasteiger partial charge >= 0.3 is 0 Å². The molecule has 2 aromatic carbocycles. The van der Waals surface area contributed by atoms with Gasteiger partial charge in [-0.1, -0.05) is 30.7 Å². The van der Waals surface area contributed by atoms with Crippen LogP contribution in [0.5, 0.6) is 0 Å². The van der Waals surface area contributed by atoms with E-state index in [-0.39, 0.29) is 17.6 Å². The summed E-state index contributed by atoms with van der Waals surface area (Å²) in [6.45, 7) is 0. The number of hydrogen-bond donors (Lipinski definition) is 3. The number of carbonyl (C=O) groups excluding carboxylic acids is 1. The van der Waals surface area contributed by atoms with E-state index in [4.69, 9.17) is 4.98 Å². The molecule has 4 aromatic heterocycles. The van der Waals surface area contributed by atoms with Crippen molar-refractivity contribution in [3.63, 3.8) is 0 Å². The molecule has 0 bridgehead atoms. The van der Waals surface area contributed by atoms with Crippen LogP contribution in [0.3, 0.4) is 0 Å². The zero-order chi connectivity index (χ0) is 25.6. The normalized spacial score (nSPS) is 13.6. The lowest BCUT2D eigenvalue weighted by atomic mass is 9.85. The molecule has 186 valence electrons. The molecule has 1 aliphatic carbocycles. The van der Waals surface area contributed by atoms with E-state index in [9.17, 15) is 9.18 Å². The highest BCUT2D eigenvalue weighted by Gasteiger charge is 2.25. The van der Waals surface area contributed by atoms with E-state index < -0.39 is 0 Å². The van der Waals surface area contributed by atoms with E-state index in [1.807, 2.05) is 54.6 Å². The number of aromatic amines is 2. The molecule has 1 saturated carbocycles. The number of fused-ring (bicyclic) bond motifs is 2. The molecule has 3 N–H and O–H groups in total. The molecule has 38 heavy (non-hydrogen) atoms. The standard InChI is InChI=1S/C30H23FN6O/c31-20-8-2-7-19(14-20)27-22-16-26(34-24(22)12-13-32-27)29-28-25(36-37-29)11-10-23(35-28)18-6-3-9-21(15-18)33-30(38)17-4-1-5-17/h2-3,6-17,34H,1,4-5H2,(H,33,38)(H,36,37). The quantitative estimate of drug-likeness (QED) is 0.244. The molecular formula is C30H23FN6O. The van der Waals surface area contributed by atoms with E-state index in [1.165, 1.54) is 12.1 Å². The van der Waals surface area contributed by atoms with Gasteiger partial charge in [-0.15, -0.1) is 0 Å². The molecule has 6 aromatic rings. The number of amides is 1. The lowest BCUT2D eigenvalue weighted by Crippen LogP contribution is -2.27. The number of benzene rings is 2. The maximum Gasteiger partial charge on any atom is 0.227 e. The minimum Gasteiger partial charge on any atom is -0.353 e. The zero-order valence-electron chi connectivity index (χ0n) is 20.3. The highest BCUT2D eigenvalue weighted by atomic mass is 19.1. The number of nitrogens with one attached hydrogen (secondary N) is 3. The van der Waals surface area contributed by atoms with Gasteiger partial charge in [0.15, 0.2) is 0 Å². The third-order valence-electron chi connectivity index (χ3n) is 7.21. The summed E-state index contributed by atoms with van der Waals surface area (Å²) >= 11 is 0. The van der Waals surface area contributed by atoms with E-state index in [2.05, 4.69) is 25.5 Å². The predicted octanol–water partition coefficient (Wildman–Crippen LogP) is 6.71. The van der Waals surface area contributed by atoms with Gasteiger partial charge in [0.25, 0.3) is 0 Å². The van der Waals surface area contributed by atoms with Crippen LogP contribution in [0, 0.1) is 11.7 Å². The fourth-order valence-electron chi connectivity index (χ4n) is 4.97. The molecule has 4 heterocycles. The molecule has 0 radical (unpaired) electrons. The fraction of sp³-hybridized carbons (Fsp3) is 0.133. The smallest absolute Gasteiger partial charge is 0.227 e. The summed E-state index contributed by atoms with van der Waals surface area (Å²) in [7, 11) is 0. The van der Waals surface area contributed by atoms with Gasteiger partial charge in [0.05, 0.1) is 22.6 Å². The Morgan fingerprint density at radius 1 is 0.921 bits per heavy atom. The second-order valence-electron chi connectivity index (χ2n) is 9.68. The first kappa shape index (κ1) is 22.4. The Labute approximate surface area is 217 Å². The topological polar surface area (TPSA) is 99.4 Å². The molecule has 1 aliphatic rings. The monoisotopic (exact) mass is 502 g/mol. The van der Waals surface area contributed by atoms with E-state index >= 15 is 0 Å². The fourth-order valence-corrected chi connectivity index (χ4v) is 4.97. The highest BCUT2D eigenvalue weighted by Crippen LogP contribution is 2.34. The average molecular weight is 503 g/mol. The van der Waals surface area contributed by atoms with E-state index in [1.54, 1.807) is 12.3 Å². The molecular weight excluding hydrogens is 479 g/mol. The number of halogens is 1. The Morgan fingerprint density at radius 3 is 2.63 bits per heavy atom. The second kappa shape index (κ2) is 8.92. The summed E-state index contributed by atoms with van der Waals surface area (Å²) in [6, 6.07) is 21.9. The first-order valence-electron chi connectivity index (χ1n) is 12.6. The van der Waals surface area contributed by atoms with Gasteiger partial charge < -0.3 is 10.3 Å². The summed E-state index contributed by atoms with van der Waals surface area (Å²) in [5, 5.41) is 11.5. The largest absolute Gasteiger partial charge is 0.353 e. The molecule has 0 saturated heterocycles. The SMILES string of the molecule is O=C(Nc1cccc(-c2ccc3[nH]nc(-c4cc5c(-c6cccc(F)c6)nccc5[nH]4)c3n2)c1)C1CCC1. The van der Waals surface area contributed by atoms with Gasteiger partial charge in [0.2, 0.25) is 5.91 Å². The lowest BCUT2D eigenvalue weighted by Gasteiger charge is -2.24. The van der Waals surface area contributed by atoms with Crippen LogP contribution in [0.25, 0.3) is 55.8 Å². The molecule has 1 fully saturated rings. The third-order valence-corrected chi connectivity index (χ3v) is 7.21. The van der Waals surface area contributed by atoms with Crippen molar-refractivity contribution in [2.24, 2.45) is 5.92 Å². The number of anilines is 1. The maximum absolute atomic E-state index is 13.9. The van der Waals surface area contributed by atoms with Crippen molar-refractivity contribution < 1.29 is 9.18 Å². The van der Waals surface area contributed by atoms with Crippen LogP contribution in [-0.4, -0.2) is 31.1 Å². The Hall–Kier alpha value is -4.85. The minimum absolute atomic E-state index is 0.0832. The highest BCUT2D eigenvalue weighted by molar-refractivity contribution is 5.99. The van der Waals surface area contributed by atoms with Gasteiger partial charge in [0.1, 0.15) is 17.0 Å². The van der Waals surface area contributed by atoms with Crippen molar-refractivity contribution in [2.45, 2.75) is 19.3 Å². The molecule has 0 spiro atoms. The van der Waals surface area contributed by atoms with Crippen LogP contribution in [0.15, 0.2) is 79.0 Å². The second-order valence-corrected chi connectivity index (χ2v) is 9.68. The molecule has 0 unspecified atom stereocenters. The number of rotatable bonds is 5. The minimum atomic E-state index is -0.307. The summed E-state index contributed by atoms with van der Waals surface area (Å²) in [6.07, 6.45) is 4.74. The van der Waals surface area contributed by atoms with Crippen molar-refractivity contribution >= 4 is 33.5 Å². The van der Waals surface area contributed by atoms with Crippen molar-refractivity contribution in [3.05, 3.63) is 84.8 Å². The van der Waals surface area contributed by atoms with Gasteiger partial charge in [0, 0.05) is 39.8 Å². The molecule has 8 heteroatoms. The first-order valence-corrected chi connectivity index (χ1v) is 12.6. The zero-order valence-corrected chi connectivity index (χ0v) is 20.3. The Bertz CT molecular complexity index is 1830. The van der Waals surface area contributed by atoms with Crippen LogP contribution in [0.2, 0.25) is 0 Å². The third kappa shape index (κ3) is 3.91. The number of pyridine rings is 2. The van der Waals surface area contributed by atoms with Gasteiger partial charge in [-0.25, -0.2) is 9.37 Å². The molecule has 7 rings (SSSR count). The van der Waals surface area contributed by atoms with Crippen molar-refractivity contribution in [1.82, 2.24) is 25.1 Å². The Kier molecular flexibility index (Phi) is 5.25. The van der Waals surface area contributed by atoms with E-state index in [0.29, 0.717) is 17.0 Å². The van der Waals surface area contributed by atoms with Crippen molar-refractivity contribution in [1.29, 1.82) is 0 Å². The van der Waals surface area contributed by atoms with Crippen molar-refractivity contribution in [2.75, 3.05) is 5.32 Å². The van der Waals surface area contributed by atoms with Gasteiger partial charge in [-0.2, -0.15) is 5.10 Å². The number of carbonyl (C=O) groups is 1. The van der Waals surface area contributed by atoms with Gasteiger partial charge in [-0.3, -0.25) is 14.9 Å². The van der Waals surface area contributed by atoms with Crippen LogP contribution in [-0.2, 0) is 4.79 Å². The average Bonchev–Trinajstić information content (AvgIpc) is 3.51. The van der Waals surface area contributed by atoms with Crippen molar-refractivity contribution in [3.8, 4) is 33.9 Å². The number of H-pyrrole nitrogens is 2. The predicted molar refractivity (Wildman–Crippen MR) is 146 cm³/mol. The maximum atomic E-state index is 13.9. The number of hydrogen-bond acceptors (Lipinski definition) is 4. The molecule has 7 nitrogen and oxygen atoms in total. The van der Waals surface area contributed by atoms with Crippen LogP contribution >= 0.6 is 0 Å². The number of nitrogens with zero attached hydrogens (tertiary/aromatic N) is 3. The summed E-state index contributed by atoms with van der Waals surface area (Å²) in [5.74, 6) is -0.104. The summed E-state index contributed by atoms with van der Waals surface area (Å²) in [5.41, 5.74) is 7.70. The molecule has 1 amide bonds. The molecule has 0 aliphatic heterocycles. The summed E-state index contributed by atoms with van der Waals surface area (Å²) < 4.78 is 13.9. The van der Waals surface area contributed by atoms with Gasteiger partial charge in [-0.05, 0) is 61.4 Å². The lowest BCUT2D eigenvalue weighted by molar-refractivity contribution is -0.122.